The lowest BCUT2D eigenvalue weighted by Crippen LogP contribution is -2.47. The first-order valence-corrected chi connectivity index (χ1v) is 11.2. The lowest BCUT2D eigenvalue weighted by molar-refractivity contribution is -0.192. The van der Waals surface area contributed by atoms with E-state index in [9.17, 15) is 22.8 Å². The minimum absolute atomic E-state index is 0.0528. The summed E-state index contributed by atoms with van der Waals surface area (Å²) >= 11 is 0. The van der Waals surface area contributed by atoms with E-state index in [0.29, 0.717) is 30.5 Å². The predicted molar refractivity (Wildman–Crippen MR) is 116 cm³/mol. The van der Waals surface area contributed by atoms with Gasteiger partial charge in [0.1, 0.15) is 5.82 Å². The van der Waals surface area contributed by atoms with E-state index in [-0.39, 0.29) is 17.9 Å². The number of halogens is 3. The lowest BCUT2D eigenvalue weighted by Gasteiger charge is -2.38. The Morgan fingerprint density at radius 2 is 1.82 bits per heavy atom. The number of aliphatic carboxylic acids is 1. The molecule has 4 rings (SSSR count). The highest BCUT2D eigenvalue weighted by Gasteiger charge is 2.44. The van der Waals surface area contributed by atoms with Crippen molar-refractivity contribution < 1.29 is 27.9 Å². The molecule has 2 aromatic heterocycles. The molecular formula is C22H30F3N5O4. The van der Waals surface area contributed by atoms with Crippen LogP contribution in [-0.4, -0.2) is 59.5 Å². The van der Waals surface area contributed by atoms with Crippen LogP contribution in [0.1, 0.15) is 57.0 Å². The highest BCUT2D eigenvalue weighted by atomic mass is 19.4. The Morgan fingerprint density at radius 1 is 1.24 bits per heavy atom. The minimum atomic E-state index is -5.08. The van der Waals surface area contributed by atoms with Gasteiger partial charge in [0.25, 0.3) is 5.56 Å². The van der Waals surface area contributed by atoms with Crippen molar-refractivity contribution in [2.75, 3.05) is 0 Å². The number of aryl methyl sites for hydroxylation is 1. The van der Waals surface area contributed by atoms with Gasteiger partial charge in [-0.2, -0.15) is 13.2 Å². The van der Waals surface area contributed by atoms with E-state index in [4.69, 9.17) is 9.90 Å². The highest BCUT2D eigenvalue weighted by Crippen LogP contribution is 2.42. The maximum atomic E-state index is 13.0. The van der Waals surface area contributed by atoms with E-state index in [0.717, 1.165) is 37.2 Å². The van der Waals surface area contributed by atoms with Gasteiger partial charge >= 0.3 is 12.1 Å². The third kappa shape index (κ3) is 5.89. The summed E-state index contributed by atoms with van der Waals surface area (Å²) in [5, 5.41) is 10.2. The normalized spacial score (nSPS) is 22.0. The molecule has 1 amide bonds. The fourth-order valence-corrected chi connectivity index (χ4v) is 4.90. The van der Waals surface area contributed by atoms with Crippen LogP contribution in [0.3, 0.4) is 0 Å². The molecule has 2 fully saturated rings. The lowest BCUT2D eigenvalue weighted by atomic mass is 9.89. The second kappa shape index (κ2) is 10.1. The fraction of sp³-hybridized carbons (Fsp3) is 0.636. The molecule has 9 nitrogen and oxygen atoms in total. The van der Waals surface area contributed by atoms with Crippen LogP contribution in [0.4, 0.5) is 13.2 Å². The SMILES string of the molecule is CC(C)Cn1[nH]c(CC(=O)N2[C@@H]3CC[C@H]2CC(c2nccn2C)C3)cc1=O.O=C(O)C(F)(F)F. The monoisotopic (exact) mass is 485 g/mol. The quantitative estimate of drug-likeness (QED) is 0.676. The largest absolute Gasteiger partial charge is 0.490 e. The van der Waals surface area contributed by atoms with Crippen molar-refractivity contribution in [3.8, 4) is 0 Å². The van der Waals surface area contributed by atoms with Gasteiger partial charge in [0.15, 0.2) is 0 Å². The number of carboxylic acids is 1. The van der Waals surface area contributed by atoms with Gasteiger partial charge in [0.05, 0.1) is 6.42 Å². The van der Waals surface area contributed by atoms with Gasteiger partial charge in [-0.15, -0.1) is 0 Å². The van der Waals surface area contributed by atoms with Crippen molar-refractivity contribution in [2.24, 2.45) is 13.0 Å². The molecule has 0 aliphatic carbocycles. The highest BCUT2D eigenvalue weighted by molar-refractivity contribution is 5.79. The first-order chi connectivity index (χ1) is 15.9. The zero-order chi connectivity index (χ0) is 25.2. The molecule has 0 radical (unpaired) electrons. The van der Waals surface area contributed by atoms with Crippen molar-refractivity contribution in [1.29, 1.82) is 0 Å². The number of carbonyl (C=O) groups excluding carboxylic acids is 1. The van der Waals surface area contributed by atoms with Gasteiger partial charge in [0, 0.05) is 55.7 Å². The van der Waals surface area contributed by atoms with Gasteiger partial charge in [-0.05, 0) is 31.6 Å². The first kappa shape index (κ1) is 25.6. The summed E-state index contributed by atoms with van der Waals surface area (Å²) in [4.78, 5) is 40.6. The first-order valence-electron chi connectivity index (χ1n) is 11.2. The number of piperidine rings is 1. The molecule has 2 N–H and O–H groups in total. The van der Waals surface area contributed by atoms with E-state index in [1.807, 2.05) is 19.4 Å². The number of imidazole rings is 1. The molecule has 2 bridgehead atoms. The summed E-state index contributed by atoms with van der Waals surface area (Å²) < 4.78 is 35.4. The number of rotatable bonds is 5. The van der Waals surface area contributed by atoms with Crippen molar-refractivity contribution in [3.63, 3.8) is 0 Å². The molecule has 2 aliphatic heterocycles. The number of carboxylic acid groups (broad SMARTS) is 1. The minimum Gasteiger partial charge on any atom is -0.475 e. The molecule has 2 aliphatic rings. The van der Waals surface area contributed by atoms with Crippen LogP contribution in [0, 0.1) is 5.92 Å². The van der Waals surface area contributed by atoms with Gasteiger partial charge < -0.3 is 14.6 Å². The number of fused-ring (bicyclic) bond motifs is 2. The standard InChI is InChI=1S/C20H29N5O2.C2HF3O2/c1-13(2)12-24-18(26)10-15(22-24)11-19(27)25-16-4-5-17(25)9-14(8-16)20-21-6-7-23(20)3;3-2(4,5)1(6)7/h6-7,10,13-14,16-17,22H,4-5,8-9,11-12H2,1-3H3;(H,6,7)/t14?,16-,17+;. The molecule has 1 unspecified atom stereocenters. The van der Waals surface area contributed by atoms with Crippen LogP contribution >= 0.6 is 0 Å². The van der Waals surface area contributed by atoms with Crippen molar-refractivity contribution in [3.05, 3.63) is 40.3 Å². The van der Waals surface area contributed by atoms with Crippen molar-refractivity contribution in [2.45, 2.75) is 76.7 Å². The molecule has 0 saturated carbocycles. The summed E-state index contributed by atoms with van der Waals surface area (Å²) in [7, 11) is 2.04. The zero-order valence-electron chi connectivity index (χ0n) is 19.4. The summed E-state index contributed by atoms with van der Waals surface area (Å²) in [6.45, 7) is 4.79. The fourth-order valence-electron chi connectivity index (χ4n) is 4.90. The van der Waals surface area contributed by atoms with E-state index < -0.39 is 12.1 Å². The van der Waals surface area contributed by atoms with Gasteiger partial charge in [-0.25, -0.2) is 9.78 Å². The number of alkyl halides is 3. The van der Waals surface area contributed by atoms with Crippen LogP contribution in [0.5, 0.6) is 0 Å². The number of nitrogens with one attached hydrogen (secondary N) is 1. The number of hydrogen-bond acceptors (Lipinski definition) is 4. The van der Waals surface area contributed by atoms with Crippen LogP contribution in [0.2, 0.25) is 0 Å². The summed E-state index contributed by atoms with van der Waals surface area (Å²) in [5.41, 5.74) is 0.666. The number of nitrogens with zero attached hydrogens (tertiary/aromatic N) is 4. The number of amides is 1. The van der Waals surface area contributed by atoms with Crippen LogP contribution in [0.25, 0.3) is 0 Å². The Labute approximate surface area is 194 Å². The zero-order valence-corrected chi connectivity index (χ0v) is 19.4. The second-order valence-corrected chi connectivity index (χ2v) is 9.35. The predicted octanol–water partition coefficient (Wildman–Crippen LogP) is 2.68. The molecule has 3 atom stereocenters. The van der Waals surface area contributed by atoms with Gasteiger partial charge in [-0.1, -0.05) is 13.8 Å². The van der Waals surface area contributed by atoms with Crippen LogP contribution in [0.15, 0.2) is 23.3 Å². The molecule has 34 heavy (non-hydrogen) atoms. The Kier molecular flexibility index (Phi) is 7.57. The molecule has 12 heteroatoms. The smallest absolute Gasteiger partial charge is 0.475 e. The number of aromatic amines is 1. The van der Waals surface area contributed by atoms with Gasteiger partial charge in [-0.3, -0.25) is 19.4 Å². The molecular weight excluding hydrogens is 455 g/mol. The molecule has 188 valence electrons. The number of hydrogen-bond donors (Lipinski definition) is 2. The van der Waals surface area contributed by atoms with Crippen molar-refractivity contribution >= 4 is 11.9 Å². The maximum absolute atomic E-state index is 13.0. The molecule has 4 heterocycles. The number of H-pyrrole nitrogens is 1. The molecule has 2 aromatic rings. The average molecular weight is 486 g/mol. The Morgan fingerprint density at radius 3 is 2.29 bits per heavy atom. The molecule has 0 aromatic carbocycles. The summed E-state index contributed by atoms with van der Waals surface area (Å²) in [5.74, 6) is -0.676. The third-order valence-corrected chi connectivity index (χ3v) is 6.22. The Bertz CT molecular complexity index is 1060. The van der Waals surface area contributed by atoms with Gasteiger partial charge in [0.2, 0.25) is 5.91 Å². The van der Waals surface area contributed by atoms with Crippen LogP contribution in [-0.2, 0) is 29.6 Å². The van der Waals surface area contributed by atoms with E-state index in [2.05, 4.69) is 33.4 Å². The maximum Gasteiger partial charge on any atom is 0.490 e. The van der Waals surface area contributed by atoms with E-state index in [1.54, 1.807) is 10.7 Å². The van der Waals surface area contributed by atoms with Crippen molar-refractivity contribution in [1.82, 2.24) is 24.2 Å². The average Bonchev–Trinajstić information content (AvgIpc) is 3.37. The second-order valence-electron chi connectivity index (χ2n) is 9.35. The Hall–Kier alpha value is -3.05. The third-order valence-electron chi connectivity index (χ3n) is 6.22. The molecule has 0 spiro atoms. The summed E-state index contributed by atoms with van der Waals surface area (Å²) in [6.07, 6.45) is 3.15. The number of aromatic nitrogens is 4. The van der Waals surface area contributed by atoms with E-state index >= 15 is 0 Å². The summed E-state index contributed by atoms with van der Waals surface area (Å²) in [6, 6.07) is 2.16. The molecule has 2 saturated heterocycles. The van der Waals surface area contributed by atoms with E-state index in [1.165, 1.54) is 0 Å². The Balaban J connectivity index is 0.000000406. The number of carbonyl (C=O) groups is 2. The topological polar surface area (TPSA) is 113 Å². The van der Waals surface area contributed by atoms with Crippen LogP contribution < -0.4 is 5.56 Å².